The summed E-state index contributed by atoms with van der Waals surface area (Å²) in [7, 11) is 0. The van der Waals surface area contributed by atoms with Gasteiger partial charge in [0.2, 0.25) is 5.91 Å². The molecule has 0 aliphatic rings. The molecule has 0 bridgehead atoms. The molecule has 0 saturated heterocycles. The van der Waals surface area contributed by atoms with Crippen LogP contribution in [0.25, 0.3) is 0 Å². The maximum atomic E-state index is 11.9. The largest absolute Gasteiger partial charge is 0.346 e. The predicted molar refractivity (Wildman–Crippen MR) is 75.0 cm³/mol. The van der Waals surface area contributed by atoms with E-state index in [9.17, 15) is 4.79 Å². The van der Waals surface area contributed by atoms with Gasteiger partial charge in [-0.05, 0) is 25.5 Å². The number of halogens is 1. The van der Waals surface area contributed by atoms with Crippen molar-refractivity contribution in [3.63, 3.8) is 0 Å². The van der Waals surface area contributed by atoms with Crippen molar-refractivity contribution in [2.45, 2.75) is 26.3 Å². The first-order chi connectivity index (χ1) is 9.06. The van der Waals surface area contributed by atoms with Crippen LogP contribution in [0.15, 0.2) is 30.5 Å². The fourth-order valence-electron chi connectivity index (χ4n) is 1.83. The third-order valence-electron chi connectivity index (χ3n) is 2.82. The van der Waals surface area contributed by atoms with E-state index in [1.165, 1.54) is 0 Å². The van der Waals surface area contributed by atoms with E-state index >= 15 is 0 Å². The van der Waals surface area contributed by atoms with Gasteiger partial charge in [-0.3, -0.25) is 4.79 Å². The van der Waals surface area contributed by atoms with Gasteiger partial charge in [-0.1, -0.05) is 29.8 Å². The standard InChI is InChI=1S/C14H16ClN3O/c1-9-8-16-14(17-9)10(2)18-13(19)7-11-5-3-4-6-12(11)15/h3-6,8,10H,7H2,1-2H3,(H,16,17)(H,18,19)/t10-/m0/s1. The Balaban J connectivity index is 1.96. The minimum atomic E-state index is -0.149. The molecule has 0 spiro atoms. The summed E-state index contributed by atoms with van der Waals surface area (Å²) in [5, 5.41) is 3.50. The van der Waals surface area contributed by atoms with Crippen molar-refractivity contribution in [2.24, 2.45) is 0 Å². The number of amides is 1. The number of aromatic amines is 1. The molecule has 0 aliphatic carbocycles. The lowest BCUT2D eigenvalue weighted by Crippen LogP contribution is -2.28. The summed E-state index contributed by atoms with van der Waals surface area (Å²) < 4.78 is 0. The summed E-state index contributed by atoms with van der Waals surface area (Å²) in [5.41, 5.74) is 1.80. The van der Waals surface area contributed by atoms with E-state index in [0.717, 1.165) is 17.1 Å². The number of aromatic nitrogens is 2. The summed E-state index contributed by atoms with van der Waals surface area (Å²) >= 11 is 6.03. The van der Waals surface area contributed by atoms with Crippen LogP contribution in [0.1, 0.15) is 30.0 Å². The average Bonchev–Trinajstić information content (AvgIpc) is 2.79. The third-order valence-corrected chi connectivity index (χ3v) is 3.19. The van der Waals surface area contributed by atoms with E-state index in [1.807, 2.05) is 32.0 Å². The van der Waals surface area contributed by atoms with Gasteiger partial charge in [-0.25, -0.2) is 4.98 Å². The maximum absolute atomic E-state index is 11.9. The molecule has 0 unspecified atom stereocenters. The second kappa shape index (κ2) is 5.89. The summed E-state index contributed by atoms with van der Waals surface area (Å²) in [5.74, 6) is 0.680. The number of nitrogens with zero attached hydrogens (tertiary/aromatic N) is 1. The Morgan fingerprint density at radius 1 is 1.47 bits per heavy atom. The topological polar surface area (TPSA) is 57.8 Å². The number of benzene rings is 1. The van der Waals surface area contributed by atoms with Gasteiger partial charge in [0, 0.05) is 16.9 Å². The molecule has 0 fully saturated rings. The molecule has 1 amide bonds. The zero-order valence-electron chi connectivity index (χ0n) is 10.9. The molecule has 1 heterocycles. The van der Waals surface area contributed by atoms with E-state index in [-0.39, 0.29) is 18.4 Å². The molecule has 4 nitrogen and oxygen atoms in total. The van der Waals surface area contributed by atoms with Crippen LogP contribution in [0.2, 0.25) is 5.02 Å². The van der Waals surface area contributed by atoms with Crippen LogP contribution < -0.4 is 5.32 Å². The minimum Gasteiger partial charge on any atom is -0.346 e. The van der Waals surface area contributed by atoms with Gasteiger partial charge in [-0.15, -0.1) is 0 Å². The fraction of sp³-hybridized carbons (Fsp3) is 0.286. The van der Waals surface area contributed by atoms with Crippen molar-refractivity contribution in [1.82, 2.24) is 15.3 Å². The Bertz CT molecular complexity index is 580. The number of imidazole rings is 1. The molecule has 2 aromatic rings. The monoisotopic (exact) mass is 277 g/mol. The Labute approximate surface area is 117 Å². The van der Waals surface area contributed by atoms with Crippen LogP contribution in [-0.2, 0) is 11.2 Å². The molecule has 0 radical (unpaired) electrons. The van der Waals surface area contributed by atoms with E-state index in [4.69, 9.17) is 11.6 Å². The molecule has 1 aromatic heterocycles. The highest BCUT2D eigenvalue weighted by Gasteiger charge is 2.13. The Hall–Kier alpha value is -1.81. The molecule has 2 rings (SSSR count). The van der Waals surface area contributed by atoms with Gasteiger partial charge in [-0.2, -0.15) is 0 Å². The van der Waals surface area contributed by atoms with Gasteiger partial charge in [0.1, 0.15) is 5.82 Å². The quantitative estimate of drug-likeness (QED) is 0.903. The lowest BCUT2D eigenvalue weighted by atomic mass is 10.1. The van der Waals surface area contributed by atoms with Crippen molar-refractivity contribution in [1.29, 1.82) is 0 Å². The maximum Gasteiger partial charge on any atom is 0.225 e. The summed E-state index contributed by atoms with van der Waals surface area (Å²) in [6.45, 7) is 3.82. The highest BCUT2D eigenvalue weighted by atomic mass is 35.5. The van der Waals surface area contributed by atoms with Crippen LogP contribution in [0, 0.1) is 6.92 Å². The highest BCUT2D eigenvalue weighted by molar-refractivity contribution is 6.31. The fourth-order valence-corrected chi connectivity index (χ4v) is 2.03. The van der Waals surface area contributed by atoms with Crippen molar-refractivity contribution in [2.75, 3.05) is 0 Å². The Kier molecular flexibility index (Phi) is 4.22. The number of nitrogens with one attached hydrogen (secondary N) is 2. The molecule has 1 aromatic carbocycles. The lowest BCUT2D eigenvalue weighted by molar-refractivity contribution is -0.121. The Morgan fingerprint density at radius 2 is 2.21 bits per heavy atom. The normalized spacial score (nSPS) is 12.2. The molecule has 0 saturated carbocycles. The SMILES string of the molecule is Cc1cnc([C@H](C)NC(=O)Cc2ccccc2Cl)[nH]1. The van der Waals surface area contributed by atoms with Crippen molar-refractivity contribution in [3.8, 4) is 0 Å². The second-order valence-electron chi connectivity index (χ2n) is 4.51. The zero-order valence-corrected chi connectivity index (χ0v) is 11.7. The minimum absolute atomic E-state index is 0.0744. The van der Waals surface area contributed by atoms with Crippen molar-refractivity contribution < 1.29 is 4.79 Å². The first kappa shape index (κ1) is 13.6. The average molecular weight is 278 g/mol. The van der Waals surface area contributed by atoms with Crippen LogP contribution in [-0.4, -0.2) is 15.9 Å². The van der Waals surface area contributed by atoms with Crippen LogP contribution in [0.3, 0.4) is 0 Å². The molecule has 1 atom stereocenters. The molecular formula is C14H16ClN3O. The van der Waals surface area contributed by atoms with E-state index in [0.29, 0.717) is 5.02 Å². The van der Waals surface area contributed by atoms with Gasteiger partial charge >= 0.3 is 0 Å². The zero-order chi connectivity index (χ0) is 13.8. The van der Waals surface area contributed by atoms with Gasteiger partial charge in [0.15, 0.2) is 0 Å². The first-order valence-corrected chi connectivity index (χ1v) is 6.48. The van der Waals surface area contributed by atoms with Crippen LogP contribution in [0.4, 0.5) is 0 Å². The number of rotatable bonds is 4. The van der Waals surface area contributed by atoms with Crippen molar-refractivity contribution in [3.05, 3.63) is 52.6 Å². The molecule has 0 aliphatic heterocycles. The number of carbonyl (C=O) groups is 1. The summed E-state index contributed by atoms with van der Waals surface area (Å²) in [6, 6.07) is 7.20. The van der Waals surface area contributed by atoms with Gasteiger partial charge in [0.25, 0.3) is 0 Å². The third kappa shape index (κ3) is 3.58. The second-order valence-corrected chi connectivity index (χ2v) is 4.92. The smallest absolute Gasteiger partial charge is 0.225 e. The Morgan fingerprint density at radius 3 is 2.84 bits per heavy atom. The number of aryl methyl sites for hydroxylation is 1. The number of hydrogen-bond donors (Lipinski definition) is 2. The molecule has 100 valence electrons. The molecular weight excluding hydrogens is 262 g/mol. The van der Waals surface area contributed by atoms with Gasteiger partial charge in [0.05, 0.1) is 12.5 Å². The number of hydrogen-bond acceptors (Lipinski definition) is 2. The number of carbonyl (C=O) groups excluding carboxylic acids is 1. The highest BCUT2D eigenvalue weighted by Crippen LogP contribution is 2.16. The molecule has 2 N–H and O–H groups in total. The first-order valence-electron chi connectivity index (χ1n) is 6.10. The summed E-state index contributed by atoms with van der Waals surface area (Å²) in [6.07, 6.45) is 2.01. The predicted octanol–water partition coefficient (Wildman–Crippen LogP) is 2.79. The van der Waals surface area contributed by atoms with Crippen molar-refractivity contribution >= 4 is 17.5 Å². The molecule has 19 heavy (non-hydrogen) atoms. The van der Waals surface area contributed by atoms with Gasteiger partial charge < -0.3 is 10.3 Å². The van der Waals surface area contributed by atoms with E-state index in [1.54, 1.807) is 12.3 Å². The van der Waals surface area contributed by atoms with E-state index in [2.05, 4.69) is 15.3 Å². The van der Waals surface area contributed by atoms with E-state index < -0.39 is 0 Å². The molecule has 5 heteroatoms. The van der Waals surface area contributed by atoms with Crippen LogP contribution in [0.5, 0.6) is 0 Å². The summed E-state index contributed by atoms with van der Waals surface area (Å²) in [4.78, 5) is 19.2. The van der Waals surface area contributed by atoms with Crippen LogP contribution >= 0.6 is 11.6 Å². The lowest BCUT2D eigenvalue weighted by Gasteiger charge is -2.12. The number of H-pyrrole nitrogens is 1.